The predicted molar refractivity (Wildman–Crippen MR) is 192 cm³/mol. The number of aryl methyl sites for hydroxylation is 3. The molecular formula is C38H45F3N6O6S. The second-order valence-electron chi connectivity index (χ2n) is 15.5. The predicted octanol–water partition coefficient (Wildman–Crippen LogP) is 6.29. The normalized spacial score (nSPS) is 19.3. The molecule has 16 heteroatoms. The molecule has 3 aliphatic rings. The van der Waals surface area contributed by atoms with Crippen molar-refractivity contribution < 1.29 is 41.0 Å². The first-order valence-electron chi connectivity index (χ1n) is 18.2. The van der Waals surface area contributed by atoms with Crippen LogP contribution in [0, 0.1) is 26.2 Å². The van der Waals surface area contributed by atoms with Crippen LogP contribution in [-0.2, 0) is 27.5 Å². The zero-order valence-electron chi connectivity index (χ0n) is 31.0. The number of nitrogens with zero attached hydrogens (tertiary/aromatic N) is 6. The Morgan fingerprint density at radius 3 is 2.43 bits per heavy atom. The van der Waals surface area contributed by atoms with E-state index in [4.69, 9.17) is 9.47 Å². The van der Waals surface area contributed by atoms with Crippen molar-refractivity contribution in [3.63, 3.8) is 0 Å². The molecule has 3 aromatic heterocycles. The number of piperidine rings is 1. The van der Waals surface area contributed by atoms with E-state index in [-0.39, 0.29) is 29.5 Å². The topological polar surface area (TPSA) is 139 Å². The maximum atomic E-state index is 14.5. The van der Waals surface area contributed by atoms with Gasteiger partial charge in [0.1, 0.15) is 17.1 Å². The third kappa shape index (κ3) is 7.03. The van der Waals surface area contributed by atoms with Crippen LogP contribution in [-0.4, -0.2) is 86.7 Å². The fraction of sp³-hybridized carbons (Fsp3) is 0.526. The number of halogens is 3. The van der Waals surface area contributed by atoms with Gasteiger partial charge in [0.2, 0.25) is 27.6 Å². The Morgan fingerprint density at radius 2 is 1.76 bits per heavy atom. The second kappa shape index (κ2) is 13.8. The molecule has 1 aliphatic carbocycles. The van der Waals surface area contributed by atoms with Crippen LogP contribution in [0.15, 0.2) is 41.4 Å². The van der Waals surface area contributed by atoms with Gasteiger partial charge in [-0.05, 0) is 113 Å². The number of carboxylic acid groups (broad SMARTS) is 1. The number of aliphatic carboxylic acids is 1. The van der Waals surface area contributed by atoms with Gasteiger partial charge in [-0.1, -0.05) is 24.6 Å². The summed E-state index contributed by atoms with van der Waals surface area (Å²) in [6, 6.07) is 8.42. The van der Waals surface area contributed by atoms with E-state index in [0.29, 0.717) is 53.1 Å². The molecule has 1 saturated carbocycles. The number of hydrogen-bond acceptors (Lipinski definition) is 9. The van der Waals surface area contributed by atoms with Crippen LogP contribution in [0.4, 0.5) is 13.2 Å². The van der Waals surface area contributed by atoms with E-state index in [0.717, 1.165) is 29.6 Å². The Labute approximate surface area is 312 Å². The van der Waals surface area contributed by atoms with E-state index < -0.39 is 44.9 Å². The molecule has 290 valence electrons. The quantitative estimate of drug-likeness (QED) is 0.196. The van der Waals surface area contributed by atoms with Crippen molar-refractivity contribution in [2.45, 2.75) is 95.9 Å². The lowest BCUT2D eigenvalue weighted by Gasteiger charge is -2.33. The number of fused-ring (bicyclic) bond motifs is 2. The molecule has 1 atom stereocenters. The highest BCUT2D eigenvalue weighted by Gasteiger charge is 2.53. The SMILES string of the molecule is Cc1ccc([C@@H](c2ccn3c(C(F)(F)F)nnc3c2C)C(C)(C)C(=O)O)cc1CN1CC2(CC2)Oc2nc(OCCN3CCCCC3)c(C)cc2S1(=O)=O. The Balaban J connectivity index is 1.22. The summed E-state index contributed by atoms with van der Waals surface area (Å²) in [6.45, 7) is 11.6. The van der Waals surface area contributed by atoms with E-state index >= 15 is 0 Å². The van der Waals surface area contributed by atoms with Crippen molar-refractivity contribution in [2.75, 3.05) is 32.8 Å². The molecule has 1 saturated heterocycles. The van der Waals surface area contributed by atoms with E-state index in [2.05, 4.69) is 20.1 Å². The standard InChI is InChI=1S/C38H45F3N6O6S/c1-23-9-10-26(30(36(4,5)35(48)49)28-11-16-47-31(25(28)3)43-44-34(47)38(39,40)41)20-27(23)21-46-22-37(12-13-37)53-33-29(54(46,50)51)19-24(2)32(42-33)52-18-17-45-14-7-6-8-15-45/h9-11,16,19-20,30H,6-8,12-15,17-18,21-22H2,1-5H3,(H,48,49)/t30-/m0/s1. The lowest BCUT2D eigenvalue weighted by atomic mass is 9.70. The zero-order valence-corrected chi connectivity index (χ0v) is 31.9. The van der Waals surface area contributed by atoms with Gasteiger partial charge in [0.25, 0.3) is 0 Å². The number of rotatable bonds is 10. The van der Waals surface area contributed by atoms with Crippen molar-refractivity contribution in [3.8, 4) is 11.8 Å². The number of alkyl halides is 3. The highest BCUT2D eigenvalue weighted by molar-refractivity contribution is 7.89. The monoisotopic (exact) mass is 770 g/mol. The van der Waals surface area contributed by atoms with Crippen LogP contribution in [0.25, 0.3) is 5.65 Å². The maximum absolute atomic E-state index is 14.5. The second-order valence-corrected chi connectivity index (χ2v) is 17.4. The van der Waals surface area contributed by atoms with Gasteiger partial charge in [-0.25, -0.2) is 8.42 Å². The summed E-state index contributed by atoms with van der Waals surface area (Å²) in [7, 11) is -4.13. The number of aromatic nitrogens is 4. The van der Waals surface area contributed by atoms with Gasteiger partial charge < -0.3 is 14.6 Å². The van der Waals surface area contributed by atoms with Gasteiger partial charge in [0.15, 0.2) is 5.65 Å². The van der Waals surface area contributed by atoms with E-state index in [1.54, 1.807) is 45.9 Å². The van der Waals surface area contributed by atoms with Crippen molar-refractivity contribution in [2.24, 2.45) is 5.41 Å². The molecule has 0 radical (unpaired) electrons. The number of carbonyl (C=O) groups is 1. The molecular weight excluding hydrogens is 726 g/mol. The van der Waals surface area contributed by atoms with E-state index in [1.807, 2.05) is 13.0 Å². The minimum absolute atomic E-state index is 0.0235. The van der Waals surface area contributed by atoms with Crippen molar-refractivity contribution in [1.29, 1.82) is 0 Å². The van der Waals surface area contributed by atoms with Crippen molar-refractivity contribution >= 4 is 21.6 Å². The molecule has 1 aromatic carbocycles. The molecule has 0 amide bonds. The van der Waals surface area contributed by atoms with Crippen LogP contribution in [0.3, 0.4) is 0 Å². The van der Waals surface area contributed by atoms with Gasteiger partial charge >= 0.3 is 12.1 Å². The van der Waals surface area contributed by atoms with Crippen LogP contribution in [0.5, 0.6) is 11.8 Å². The fourth-order valence-electron chi connectivity index (χ4n) is 7.68. The molecule has 1 N–H and O–H groups in total. The third-order valence-corrected chi connectivity index (χ3v) is 12.9. The summed E-state index contributed by atoms with van der Waals surface area (Å²) < 4.78 is 84.6. The van der Waals surface area contributed by atoms with Crippen molar-refractivity contribution in [3.05, 3.63) is 75.7 Å². The number of ether oxygens (including phenoxy) is 2. The lowest BCUT2D eigenvalue weighted by molar-refractivity contribution is -0.147. The van der Waals surface area contributed by atoms with Crippen LogP contribution < -0.4 is 9.47 Å². The maximum Gasteiger partial charge on any atom is 0.452 e. The van der Waals surface area contributed by atoms with Gasteiger partial charge in [-0.3, -0.25) is 14.1 Å². The molecule has 5 heterocycles. The molecule has 4 aromatic rings. The molecule has 2 aliphatic heterocycles. The Bertz CT molecular complexity index is 2210. The van der Waals surface area contributed by atoms with Crippen LogP contribution in [0.1, 0.15) is 91.1 Å². The summed E-state index contributed by atoms with van der Waals surface area (Å²) in [6.07, 6.45) is 1.33. The minimum atomic E-state index is -4.74. The molecule has 0 unspecified atom stereocenters. The number of carboxylic acids is 1. The summed E-state index contributed by atoms with van der Waals surface area (Å²) in [5.74, 6) is -2.79. The molecule has 1 spiro atoms. The summed E-state index contributed by atoms with van der Waals surface area (Å²) in [5.41, 5.74) is 1.13. The highest BCUT2D eigenvalue weighted by Crippen LogP contribution is 2.48. The third-order valence-electron chi connectivity index (χ3n) is 11.2. The van der Waals surface area contributed by atoms with E-state index in [1.165, 1.54) is 35.8 Å². The molecule has 12 nitrogen and oxygen atoms in total. The summed E-state index contributed by atoms with van der Waals surface area (Å²) in [5, 5.41) is 17.6. The molecule has 0 bridgehead atoms. The van der Waals surface area contributed by atoms with Gasteiger partial charge in [0, 0.05) is 30.8 Å². The van der Waals surface area contributed by atoms with Gasteiger partial charge in [-0.2, -0.15) is 22.5 Å². The summed E-state index contributed by atoms with van der Waals surface area (Å²) >= 11 is 0. The fourth-order valence-corrected chi connectivity index (χ4v) is 9.31. The summed E-state index contributed by atoms with van der Waals surface area (Å²) in [4.78, 5) is 19.7. The first-order valence-corrected chi connectivity index (χ1v) is 19.7. The number of pyridine rings is 2. The van der Waals surface area contributed by atoms with E-state index in [9.17, 15) is 31.5 Å². The average Bonchev–Trinajstić information content (AvgIpc) is 3.72. The number of hydrogen-bond donors (Lipinski definition) is 1. The smallest absolute Gasteiger partial charge is 0.452 e. The number of benzene rings is 1. The first-order chi connectivity index (χ1) is 25.4. The molecule has 2 fully saturated rings. The van der Waals surface area contributed by atoms with Gasteiger partial charge in [0.05, 0.1) is 12.0 Å². The van der Waals surface area contributed by atoms with Gasteiger partial charge in [-0.15, -0.1) is 10.2 Å². The average molecular weight is 771 g/mol. The first kappa shape index (κ1) is 38.0. The Hall–Kier alpha value is -4.28. The van der Waals surface area contributed by atoms with Crippen LogP contribution >= 0.6 is 0 Å². The largest absolute Gasteiger partial charge is 0.481 e. The molecule has 7 rings (SSSR count). The zero-order chi connectivity index (χ0) is 38.8. The Morgan fingerprint density at radius 1 is 1.04 bits per heavy atom. The Kier molecular flexibility index (Phi) is 9.70. The minimum Gasteiger partial charge on any atom is -0.481 e. The number of likely N-dealkylation sites (tertiary alicyclic amines) is 1. The van der Waals surface area contributed by atoms with Crippen LogP contribution in [0.2, 0.25) is 0 Å². The van der Waals surface area contributed by atoms with Crippen molar-refractivity contribution in [1.82, 2.24) is 28.8 Å². The number of sulfonamides is 1. The lowest BCUT2D eigenvalue weighted by Crippen LogP contribution is -2.38. The molecule has 54 heavy (non-hydrogen) atoms. The highest BCUT2D eigenvalue weighted by atomic mass is 32.2.